The van der Waals surface area contributed by atoms with Crippen molar-refractivity contribution < 1.29 is 13.9 Å². The molecule has 0 atom stereocenters. The van der Waals surface area contributed by atoms with Gasteiger partial charge in [0.1, 0.15) is 5.69 Å². The molecule has 0 saturated heterocycles. The summed E-state index contributed by atoms with van der Waals surface area (Å²) < 4.78 is 25.6. The number of aliphatic hydroxyl groups is 1. The second-order valence-electron chi connectivity index (χ2n) is 2.25. The summed E-state index contributed by atoms with van der Waals surface area (Å²) in [7, 11) is 0. The van der Waals surface area contributed by atoms with Crippen LogP contribution in [0.2, 0.25) is 0 Å². The van der Waals surface area contributed by atoms with E-state index < -0.39 is 6.43 Å². The van der Waals surface area contributed by atoms with Gasteiger partial charge in [-0.1, -0.05) is 0 Å². The zero-order valence-corrected chi connectivity index (χ0v) is 10.0. The summed E-state index contributed by atoms with van der Waals surface area (Å²) in [5.41, 5.74) is -0.0541. The molecule has 0 aliphatic rings. The van der Waals surface area contributed by atoms with E-state index in [2.05, 4.69) is 20.9 Å². The molecule has 6 heteroatoms. The van der Waals surface area contributed by atoms with Crippen LogP contribution in [0.5, 0.6) is 0 Å². The highest BCUT2D eigenvalue weighted by Crippen LogP contribution is 2.28. The predicted molar refractivity (Wildman–Crippen MR) is 55.5 cm³/mol. The molecule has 1 N–H and O–H groups in total. The van der Waals surface area contributed by atoms with Crippen LogP contribution < -0.4 is 0 Å². The molecule has 2 nitrogen and oxygen atoms in total. The molecule has 0 fully saturated rings. The Hall–Kier alpha value is 0.180. The van der Waals surface area contributed by atoms with Crippen LogP contribution in [0.1, 0.15) is 17.8 Å². The number of nitrogens with zero attached hydrogens (tertiary/aromatic N) is 1. The summed E-state index contributed by atoms with van der Waals surface area (Å²) in [4.78, 5) is 3.61. The average Bonchev–Trinajstić information content (AvgIpc) is 2.09. The number of rotatable bonds is 2. The number of aliphatic hydroxyl groups excluding tert-OH is 1. The predicted octanol–water partition coefficient (Wildman–Crippen LogP) is 2.88. The van der Waals surface area contributed by atoms with Gasteiger partial charge in [-0.25, -0.2) is 13.8 Å². The summed E-state index contributed by atoms with van der Waals surface area (Å²) in [5.74, 6) is 0. The Morgan fingerprint density at radius 3 is 2.69 bits per heavy atom. The first-order valence-electron chi connectivity index (χ1n) is 3.30. The van der Waals surface area contributed by atoms with Crippen LogP contribution in [-0.2, 0) is 6.61 Å². The van der Waals surface area contributed by atoms with Crippen molar-refractivity contribution in [2.45, 2.75) is 13.0 Å². The molecule has 0 spiro atoms. The molecule has 0 aliphatic carbocycles. The topological polar surface area (TPSA) is 33.1 Å². The third kappa shape index (κ3) is 2.57. The fourth-order valence-corrected chi connectivity index (χ4v) is 1.77. The molecule has 13 heavy (non-hydrogen) atoms. The van der Waals surface area contributed by atoms with E-state index in [0.717, 1.165) is 0 Å². The molecule has 0 saturated carbocycles. The molecule has 1 rings (SSSR count). The van der Waals surface area contributed by atoms with Crippen molar-refractivity contribution in [3.63, 3.8) is 0 Å². The van der Waals surface area contributed by atoms with Gasteiger partial charge in [-0.3, -0.25) is 0 Å². The minimum Gasteiger partial charge on any atom is -0.390 e. The lowest BCUT2D eigenvalue weighted by molar-refractivity contribution is 0.144. The van der Waals surface area contributed by atoms with Gasteiger partial charge in [0.25, 0.3) is 6.43 Å². The monoisotopic (exact) mass is 363 g/mol. The molecule has 72 valence electrons. The Kier molecular flexibility index (Phi) is 3.99. The van der Waals surface area contributed by atoms with Crippen molar-refractivity contribution in [1.82, 2.24) is 4.98 Å². The highest BCUT2D eigenvalue weighted by atomic mass is 127. The first-order chi connectivity index (χ1) is 6.06. The van der Waals surface area contributed by atoms with Gasteiger partial charge in [-0.2, -0.15) is 0 Å². The maximum absolute atomic E-state index is 12.4. The Balaban J connectivity index is 3.25. The summed E-state index contributed by atoms with van der Waals surface area (Å²) in [6, 6.07) is 1.52. The zero-order valence-electron chi connectivity index (χ0n) is 6.27. The summed E-state index contributed by atoms with van der Waals surface area (Å²) in [5, 5.41) is 8.73. The van der Waals surface area contributed by atoms with E-state index in [0.29, 0.717) is 8.04 Å². The summed E-state index contributed by atoms with van der Waals surface area (Å²) >= 11 is 4.90. The van der Waals surface area contributed by atoms with Crippen LogP contribution in [0.15, 0.2) is 10.5 Å². The van der Waals surface area contributed by atoms with Crippen LogP contribution in [0, 0.1) is 3.57 Å². The number of hydrogen-bond donors (Lipinski definition) is 1. The third-order valence-electron chi connectivity index (χ3n) is 1.36. The van der Waals surface area contributed by atoms with E-state index in [1.165, 1.54) is 6.07 Å². The maximum Gasteiger partial charge on any atom is 0.281 e. The van der Waals surface area contributed by atoms with Gasteiger partial charge in [0.15, 0.2) is 0 Å². The van der Waals surface area contributed by atoms with Crippen molar-refractivity contribution in [3.8, 4) is 0 Å². The van der Waals surface area contributed by atoms with Crippen LogP contribution in [0.3, 0.4) is 0 Å². The van der Waals surface area contributed by atoms with Gasteiger partial charge in [0.05, 0.1) is 15.9 Å². The second-order valence-corrected chi connectivity index (χ2v) is 4.19. The van der Waals surface area contributed by atoms with Gasteiger partial charge >= 0.3 is 0 Å². The van der Waals surface area contributed by atoms with Crippen LogP contribution in [0.4, 0.5) is 8.78 Å². The van der Waals surface area contributed by atoms with E-state index in [4.69, 9.17) is 5.11 Å². The van der Waals surface area contributed by atoms with Gasteiger partial charge in [0.2, 0.25) is 0 Å². The fourth-order valence-electron chi connectivity index (χ4n) is 0.794. The molecular weight excluding hydrogens is 359 g/mol. The Labute approximate surface area is 95.6 Å². The summed E-state index contributed by atoms with van der Waals surface area (Å²) in [6.45, 7) is -0.338. The van der Waals surface area contributed by atoms with Crippen molar-refractivity contribution in [2.75, 3.05) is 0 Å². The minimum absolute atomic E-state index is 0.239. The average molecular weight is 364 g/mol. The fraction of sp³-hybridized carbons (Fsp3) is 0.286. The minimum atomic E-state index is -2.62. The molecule has 0 unspecified atom stereocenters. The molecule has 0 aromatic carbocycles. The van der Waals surface area contributed by atoms with Crippen molar-refractivity contribution in [1.29, 1.82) is 0 Å². The maximum atomic E-state index is 12.4. The highest BCUT2D eigenvalue weighted by Gasteiger charge is 2.16. The Morgan fingerprint density at radius 1 is 1.62 bits per heavy atom. The standard InChI is InChI=1S/C7H5BrF2INO/c8-4-1-3(2-13)12-6(5(4)11)7(9)10/h1,7,13H,2H2. The van der Waals surface area contributed by atoms with Crippen LogP contribution >= 0.6 is 38.5 Å². The van der Waals surface area contributed by atoms with Crippen molar-refractivity contribution in [3.05, 3.63) is 25.5 Å². The molecule has 1 heterocycles. The number of hydrogen-bond acceptors (Lipinski definition) is 2. The van der Waals surface area contributed by atoms with Gasteiger partial charge < -0.3 is 5.11 Å². The Bertz CT molecular complexity index is 322. The van der Waals surface area contributed by atoms with Gasteiger partial charge in [-0.05, 0) is 44.6 Å². The van der Waals surface area contributed by atoms with E-state index in [1.54, 1.807) is 22.6 Å². The highest BCUT2D eigenvalue weighted by molar-refractivity contribution is 14.1. The van der Waals surface area contributed by atoms with Gasteiger partial charge in [-0.15, -0.1) is 0 Å². The van der Waals surface area contributed by atoms with E-state index in [-0.39, 0.29) is 18.0 Å². The zero-order chi connectivity index (χ0) is 10.0. The molecule has 0 amide bonds. The molecule has 0 aliphatic heterocycles. The quantitative estimate of drug-likeness (QED) is 0.819. The lowest BCUT2D eigenvalue weighted by Crippen LogP contribution is -2.00. The first kappa shape index (κ1) is 11.3. The van der Waals surface area contributed by atoms with Crippen molar-refractivity contribution >= 4 is 38.5 Å². The van der Waals surface area contributed by atoms with Crippen LogP contribution in [-0.4, -0.2) is 10.1 Å². The number of aromatic nitrogens is 1. The van der Waals surface area contributed by atoms with E-state index in [1.807, 2.05) is 0 Å². The normalized spacial score (nSPS) is 10.9. The van der Waals surface area contributed by atoms with E-state index in [9.17, 15) is 8.78 Å². The molecular formula is C7H5BrF2INO. The second kappa shape index (κ2) is 4.61. The largest absolute Gasteiger partial charge is 0.390 e. The van der Waals surface area contributed by atoms with Crippen molar-refractivity contribution in [2.24, 2.45) is 0 Å². The first-order valence-corrected chi connectivity index (χ1v) is 5.17. The third-order valence-corrected chi connectivity index (χ3v) is 3.86. The lowest BCUT2D eigenvalue weighted by atomic mass is 10.3. The molecule has 0 radical (unpaired) electrons. The smallest absolute Gasteiger partial charge is 0.281 e. The van der Waals surface area contributed by atoms with Gasteiger partial charge in [0, 0.05) is 4.47 Å². The number of halogens is 4. The SMILES string of the molecule is OCc1cc(Br)c(I)c(C(F)F)n1. The number of alkyl halides is 2. The molecule has 1 aromatic heterocycles. The number of pyridine rings is 1. The van der Waals surface area contributed by atoms with Crippen LogP contribution in [0.25, 0.3) is 0 Å². The summed E-state index contributed by atoms with van der Waals surface area (Å²) in [6.07, 6.45) is -2.62. The Morgan fingerprint density at radius 2 is 2.23 bits per heavy atom. The van der Waals surface area contributed by atoms with E-state index >= 15 is 0 Å². The molecule has 0 bridgehead atoms. The lowest BCUT2D eigenvalue weighted by Gasteiger charge is -2.06. The molecule has 1 aromatic rings.